The van der Waals surface area contributed by atoms with Gasteiger partial charge in [-0.15, -0.1) is 11.3 Å². The summed E-state index contributed by atoms with van der Waals surface area (Å²) >= 11 is 7.60. The maximum absolute atomic E-state index is 13.3. The zero-order valence-electron chi connectivity index (χ0n) is 14.5. The highest BCUT2D eigenvalue weighted by atomic mass is 35.5. The highest BCUT2D eigenvalue weighted by molar-refractivity contribution is 7.18. The first kappa shape index (κ1) is 17.0. The number of benzene rings is 2. The van der Waals surface area contributed by atoms with Crippen molar-refractivity contribution in [1.29, 1.82) is 0 Å². The lowest BCUT2D eigenvalue weighted by Gasteiger charge is -2.13. The standard InChI is InChI=1S/C21H17ClN2OS/c1-13-14(2)26-20-18(13)21(25)24(12-15-6-4-3-5-7-15)19(23-20)16-8-10-17(22)11-9-16/h3-11H,12H2,1-2H3. The van der Waals surface area contributed by atoms with Gasteiger partial charge in [-0.25, -0.2) is 4.98 Å². The molecule has 2 aromatic carbocycles. The lowest BCUT2D eigenvalue weighted by Crippen LogP contribution is -2.24. The van der Waals surface area contributed by atoms with Crippen LogP contribution < -0.4 is 5.56 Å². The molecule has 4 rings (SSSR count). The Balaban J connectivity index is 2.00. The topological polar surface area (TPSA) is 34.9 Å². The molecule has 0 spiro atoms. The Hall–Kier alpha value is -2.43. The summed E-state index contributed by atoms with van der Waals surface area (Å²) in [5, 5.41) is 1.38. The minimum absolute atomic E-state index is 0.00523. The van der Waals surface area contributed by atoms with Crippen molar-refractivity contribution in [2.75, 3.05) is 0 Å². The Kier molecular flexibility index (Phi) is 4.39. The van der Waals surface area contributed by atoms with E-state index in [2.05, 4.69) is 0 Å². The van der Waals surface area contributed by atoms with Gasteiger partial charge < -0.3 is 0 Å². The molecule has 0 fully saturated rings. The number of aromatic nitrogens is 2. The van der Waals surface area contributed by atoms with Crippen LogP contribution in [-0.2, 0) is 6.54 Å². The van der Waals surface area contributed by atoms with Crippen molar-refractivity contribution in [1.82, 2.24) is 9.55 Å². The molecular weight excluding hydrogens is 364 g/mol. The van der Waals surface area contributed by atoms with E-state index in [1.165, 1.54) is 0 Å². The van der Waals surface area contributed by atoms with Crippen LogP contribution in [0.4, 0.5) is 0 Å². The molecule has 0 atom stereocenters. The Labute approximate surface area is 160 Å². The molecule has 26 heavy (non-hydrogen) atoms. The number of aryl methyl sites for hydroxylation is 2. The van der Waals surface area contributed by atoms with Crippen molar-refractivity contribution >= 4 is 33.2 Å². The van der Waals surface area contributed by atoms with Crippen LogP contribution in [0.2, 0.25) is 5.02 Å². The molecule has 2 aromatic heterocycles. The molecule has 130 valence electrons. The summed E-state index contributed by atoms with van der Waals surface area (Å²) in [7, 11) is 0. The van der Waals surface area contributed by atoms with Crippen molar-refractivity contribution in [2.24, 2.45) is 0 Å². The number of fused-ring (bicyclic) bond motifs is 1. The largest absolute Gasteiger partial charge is 0.288 e. The Bertz CT molecular complexity index is 1140. The molecule has 0 radical (unpaired) electrons. The molecule has 5 heteroatoms. The van der Waals surface area contributed by atoms with Crippen LogP contribution in [0.5, 0.6) is 0 Å². The maximum atomic E-state index is 13.3. The second-order valence-corrected chi connectivity index (χ2v) is 7.92. The van der Waals surface area contributed by atoms with E-state index in [1.807, 2.05) is 68.4 Å². The zero-order chi connectivity index (χ0) is 18.3. The van der Waals surface area contributed by atoms with Gasteiger partial charge in [0.2, 0.25) is 0 Å². The first-order valence-corrected chi connectivity index (χ1v) is 9.54. The fourth-order valence-electron chi connectivity index (χ4n) is 3.06. The summed E-state index contributed by atoms with van der Waals surface area (Å²) in [6.45, 7) is 4.51. The van der Waals surface area contributed by atoms with E-state index in [4.69, 9.17) is 16.6 Å². The van der Waals surface area contributed by atoms with Gasteiger partial charge in [0.15, 0.2) is 0 Å². The zero-order valence-corrected chi connectivity index (χ0v) is 16.1. The monoisotopic (exact) mass is 380 g/mol. The van der Waals surface area contributed by atoms with E-state index in [9.17, 15) is 4.79 Å². The second kappa shape index (κ2) is 6.71. The summed E-state index contributed by atoms with van der Waals surface area (Å²) in [5.41, 5.74) is 2.97. The van der Waals surface area contributed by atoms with Crippen LogP contribution in [0.25, 0.3) is 21.6 Å². The second-order valence-electron chi connectivity index (χ2n) is 6.28. The van der Waals surface area contributed by atoms with Gasteiger partial charge in [-0.2, -0.15) is 0 Å². The average molecular weight is 381 g/mol. The first-order chi connectivity index (χ1) is 12.5. The van der Waals surface area contributed by atoms with E-state index >= 15 is 0 Å². The molecule has 2 heterocycles. The van der Waals surface area contributed by atoms with Crippen molar-refractivity contribution in [3.05, 3.63) is 86.0 Å². The molecular formula is C21H17ClN2OS. The maximum Gasteiger partial charge on any atom is 0.263 e. The van der Waals surface area contributed by atoms with Gasteiger partial charge in [0.05, 0.1) is 11.9 Å². The van der Waals surface area contributed by atoms with Crippen molar-refractivity contribution < 1.29 is 0 Å². The number of rotatable bonds is 3. The average Bonchev–Trinajstić information content (AvgIpc) is 2.93. The van der Waals surface area contributed by atoms with Gasteiger partial charge >= 0.3 is 0 Å². The number of halogens is 1. The molecule has 0 unspecified atom stereocenters. The number of hydrogen-bond donors (Lipinski definition) is 0. The van der Waals surface area contributed by atoms with Crippen LogP contribution in [0, 0.1) is 13.8 Å². The molecule has 0 aliphatic carbocycles. The minimum Gasteiger partial charge on any atom is -0.288 e. The van der Waals surface area contributed by atoms with Gasteiger partial charge in [0.1, 0.15) is 10.7 Å². The third kappa shape index (κ3) is 2.96. The van der Waals surface area contributed by atoms with Gasteiger partial charge in [-0.1, -0.05) is 41.9 Å². The number of nitrogens with zero attached hydrogens (tertiary/aromatic N) is 2. The predicted octanol–water partition coefficient (Wildman–Crippen LogP) is 5.44. The summed E-state index contributed by atoms with van der Waals surface area (Å²) in [6, 6.07) is 17.4. The van der Waals surface area contributed by atoms with E-state index in [1.54, 1.807) is 15.9 Å². The summed E-state index contributed by atoms with van der Waals surface area (Å²) in [6.07, 6.45) is 0. The Morgan fingerprint density at radius 1 is 1.04 bits per heavy atom. The fourth-order valence-corrected chi connectivity index (χ4v) is 4.21. The summed E-state index contributed by atoms with van der Waals surface area (Å²) in [5.74, 6) is 0.671. The van der Waals surface area contributed by atoms with Crippen molar-refractivity contribution in [2.45, 2.75) is 20.4 Å². The van der Waals surface area contributed by atoms with E-state index in [0.29, 0.717) is 17.4 Å². The van der Waals surface area contributed by atoms with Gasteiger partial charge in [0.25, 0.3) is 5.56 Å². The van der Waals surface area contributed by atoms with E-state index in [-0.39, 0.29) is 5.56 Å². The third-order valence-electron chi connectivity index (χ3n) is 4.57. The molecule has 0 saturated heterocycles. The number of thiophene rings is 1. The van der Waals surface area contributed by atoms with E-state index < -0.39 is 0 Å². The van der Waals surface area contributed by atoms with Gasteiger partial charge in [0, 0.05) is 15.5 Å². The normalized spacial score (nSPS) is 11.2. The molecule has 4 aromatic rings. The van der Waals surface area contributed by atoms with Crippen molar-refractivity contribution in [3.63, 3.8) is 0 Å². The van der Waals surface area contributed by atoms with Gasteiger partial charge in [-0.3, -0.25) is 9.36 Å². The smallest absolute Gasteiger partial charge is 0.263 e. The SMILES string of the molecule is Cc1sc2nc(-c3ccc(Cl)cc3)n(Cc3ccccc3)c(=O)c2c1C. The quantitative estimate of drug-likeness (QED) is 0.474. The molecule has 0 saturated carbocycles. The van der Waals surface area contributed by atoms with Crippen molar-refractivity contribution in [3.8, 4) is 11.4 Å². The molecule has 0 aliphatic heterocycles. The minimum atomic E-state index is 0.00523. The van der Waals surface area contributed by atoms with Crippen LogP contribution in [0.15, 0.2) is 59.4 Å². The first-order valence-electron chi connectivity index (χ1n) is 8.35. The Morgan fingerprint density at radius 2 is 1.73 bits per heavy atom. The molecule has 3 nitrogen and oxygen atoms in total. The summed E-state index contributed by atoms with van der Waals surface area (Å²) < 4.78 is 1.76. The van der Waals surface area contributed by atoms with Crippen LogP contribution >= 0.6 is 22.9 Å². The van der Waals surface area contributed by atoms with E-state index in [0.717, 1.165) is 31.8 Å². The van der Waals surface area contributed by atoms with Gasteiger partial charge in [-0.05, 0) is 49.2 Å². The fraction of sp³-hybridized carbons (Fsp3) is 0.143. The molecule has 0 amide bonds. The highest BCUT2D eigenvalue weighted by Gasteiger charge is 2.17. The summed E-state index contributed by atoms with van der Waals surface area (Å²) in [4.78, 5) is 20.1. The van der Waals surface area contributed by atoms with Crippen LogP contribution in [-0.4, -0.2) is 9.55 Å². The predicted molar refractivity (Wildman–Crippen MR) is 109 cm³/mol. The van der Waals surface area contributed by atoms with Crippen LogP contribution in [0.1, 0.15) is 16.0 Å². The Morgan fingerprint density at radius 3 is 2.42 bits per heavy atom. The van der Waals surface area contributed by atoms with Crippen LogP contribution in [0.3, 0.4) is 0 Å². The number of hydrogen-bond acceptors (Lipinski definition) is 3. The molecule has 0 bridgehead atoms. The molecule has 0 N–H and O–H groups in total. The third-order valence-corrected chi connectivity index (χ3v) is 5.93. The molecule has 0 aliphatic rings. The lowest BCUT2D eigenvalue weighted by molar-refractivity contribution is 0.760. The highest BCUT2D eigenvalue weighted by Crippen LogP contribution is 2.29. The lowest BCUT2D eigenvalue weighted by atomic mass is 10.1.